The van der Waals surface area contributed by atoms with Crippen molar-refractivity contribution in [3.8, 4) is 17.1 Å². The maximum Gasteiger partial charge on any atom is 0.416 e. The van der Waals surface area contributed by atoms with E-state index in [0.717, 1.165) is 55.6 Å². The van der Waals surface area contributed by atoms with Crippen LogP contribution in [-0.4, -0.2) is 41.2 Å². The predicted molar refractivity (Wildman–Crippen MR) is 147 cm³/mol. The Kier molecular flexibility index (Phi) is 7.13. The van der Waals surface area contributed by atoms with E-state index < -0.39 is 11.7 Å². The number of hydrogen-bond donors (Lipinski definition) is 0. The highest BCUT2D eigenvalue weighted by molar-refractivity contribution is 5.95. The molecule has 0 bridgehead atoms. The van der Waals surface area contributed by atoms with Crippen molar-refractivity contribution in [1.29, 1.82) is 0 Å². The van der Waals surface area contributed by atoms with E-state index in [1.165, 1.54) is 23.4 Å². The van der Waals surface area contributed by atoms with E-state index in [1.54, 1.807) is 0 Å². The number of alkyl halides is 3. The van der Waals surface area contributed by atoms with Crippen molar-refractivity contribution >= 4 is 16.5 Å². The molecule has 1 saturated heterocycles. The highest BCUT2D eigenvalue weighted by Crippen LogP contribution is 2.32. The highest BCUT2D eigenvalue weighted by Gasteiger charge is 2.30. The molecule has 2 heterocycles. The Morgan fingerprint density at radius 2 is 1.60 bits per heavy atom. The van der Waals surface area contributed by atoms with Crippen LogP contribution in [0.2, 0.25) is 0 Å². The molecule has 0 radical (unpaired) electrons. The summed E-state index contributed by atoms with van der Waals surface area (Å²) in [5.74, 6) is 1.11. The van der Waals surface area contributed by atoms with Crippen molar-refractivity contribution in [3.05, 3.63) is 108 Å². The molecule has 0 saturated carbocycles. The lowest BCUT2D eigenvalue weighted by Gasteiger charge is -2.36. The summed E-state index contributed by atoms with van der Waals surface area (Å²) >= 11 is 0. The van der Waals surface area contributed by atoms with E-state index in [9.17, 15) is 13.2 Å². The van der Waals surface area contributed by atoms with Crippen LogP contribution in [0, 0.1) is 0 Å². The van der Waals surface area contributed by atoms with E-state index in [2.05, 4.69) is 62.4 Å². The molecule has 1 fully saturated rings. The summed E-state index contributed by atoms with van der Waals surface area (Å²) in [4.78, 5) is 9.18. The molecule has 1 aliphatic heterocycles. The fraction of sp³-hybridized carbons (Fsp3) is 0.226. The number of halogens is 3. The average molecular weight is 545 g/mol. The van der Waals surface area contributed by atoms with Crippen LogP contribution in [-0.2, 0) is 19.3 Å². The largest absolute Gasteiger partial charge is 0.484 e. The first-order valence-corrected chi connectivity index (χ1v) is 13.1. The number of piperazine rings is 1. The van der Waals surface area contributed by atoms with Gasteiger partial charge in [-0.05, 0) is 41.3 Å². The molecule has 1 aromatic heterocycles. The van der Waals surface area contributed by atoms with Gasteiger partial charge in [0.2, 0.25) is 5.82 Å². The Morgan fingerprint density at radius 3 is 2.35 bits per heavy atom. The molecular formula is C31H27F3N4O2. The molecule has 5 aromatic rings. The van der Waals surface area contributed by atoms with Gasteiger partial charge in [0.05, 0.1) is 5.56 Å². The molecule has 6 rings (SSSR count). The summed E-state index contributed by atoms with van der Waals surface area (Å²) in [7, 11) is 0. The Bertz CT molecular complexity index is 1580. The van der Waals surface area contributed by atoms with Gasteiger partial charge in [-0.3, -0.25) is 4.90 Å². The van der Waals surface area contributed by atoms with Crippen molar-refractivity contribution in [2.75, 3.05) is 31.1 Å². The van der Waals surface area contributed by atoms with Crippen LogP contribution >= 0.6 is 0 Å². The van der Waals surface area contributed by atoms with E-state index >= 15 is 0 Å². The highest BCUT2D eigenvalue weighted by atomic mass is 19.4. The van der Waals surface area contributed by atoms with Crippen LogP contribution in [0.4, 0.5) is 18.9 Å². The monoisotopic (exact) mass is 544 g/mol. The van der Waals surface area contributed by atoms with Crippen LogP contribution in [0.5, 0.6) is 5.75 Å². The molecule has 0 N–H and O–H groups in total. The molecule has 40 heavy (non-hydrogen) atoms. The maximum atomic E-state index is 12.8. The number of benzene rings is 4. The van der Waals surface area contributed by atoms with Crippen LogP contribution in [0.15, 0.2) is 95.5 Å². The Balaban J connectivity index is 1.11. The first kappa shape index (κ1) is 25.9. The third-order valence-corrected chi connectivity index (χ3v) is 7.09. The molecule has 9 heteroatoms. The van der Waals surface area contributed by atoms with Crippen LogP contribution in [0.1, 0.15) is 17.0 Å². The van der Waals surface area contributed by atoms with Crippen LogP contribution < -0.4 is 9.64 Å². The number of ether oxygens (including phenoxy) is 1. The minimum Gasteiger partial charge on any atom is -0.484 e. The zero-order chi connectivity index (χ0) is 27.5. The predicted octanol–water partition coefficient (Wildman–Crippen LogP) is 6.81. The van der Waals surface area contributed by atoms with Gasteiger partial charge in [0, 0.05) is 49.4 Å². The second kappa shape index (κ2) is 11.0. The minimum absolute atomic E-state index is 0.0411. The third-order valence-electron chi connectivity index (χ3n) is 7.09. The molecule has 204 valence electrons. The minimum atomic E-state index is -4.40. The first-order valence-electron chi connectivity index (χ1n) is 13.1. The molecule has 0 amide bonds. The van der Waals surface area contributed by atoms with E-state index in [4.69, 9.17) is 9.26 Å². The fourth-order valence-electron chi connectivity index (χ4n) is 4.97. The van der Waals surface area contributed by atoms with Gasteiger partial charge in [0.1, 0.15) is 5.75 Å². The van der Waals surface area contributed by atoms with Gasteiger partial charge in [0.15, 0.2) is 6.61 Å². The van der Waals surface area contributed by atoms with E-state index in [-0.39, 0.29) is 18.3 Å². The number of hydrogen-bond acceptors (Lipinski definition) is 6. The van der Waals surface area contributed by atoms with E-state index in [0.29, 0.717) is 11.3 Å². The zero-order valence-electron chi connectivity index (χ0n) is 21.6. The average Bonchev–Trinajstić information content (AvgIpc) is 3.45. The van der Waals surface area contributed by atoms with Gasteiger partial charge in [-0.2, -0.15) is 18.2 Å². The molecule has 0 aliphatic carbocycles. The lowest BCUT2D eigenvalue weighted by Crippen LogP contribution is -2.46. The number of anilines is 1. The standard InChI is InChI=1S/C31H27F3N4O2/c32-31(33,34)25-12-9-24(10-13-25)30-35-29(40-36-30)21-39-26-14-11-23-7-4-8-28(27(23)19-26)38-17-15-37(16-18-38)20-22-5-2-1-3-6-22/h1-14,19H,15-18,20-21H2. The van der Waals surface area contributed by atoms with Crippen LogP contribution in [0.25, 0.3) is 22.2 Å². The number of rotatable bonds is 7. The smallest absolute Gasteiger partial charge is 0.416 e. The van der Waals surface area contributed by atoms with Gasteiger partial charge in [-0.15, -0.1) is 0 Å². The fourth-order valence-corrected chi connectivity index (χ4v) is 4.97. The molecule has 0 atom stereocenters. The topological polar surface area (TPSA) is 54.6 Å². The summed E-state index contributed by atoms with van der Waals surface area (Å²) in [6.07, 6.45) is -4.40. The second-order valence-electron chi connectivity index (χ2n) is 9.78. The molecule has 4 aromatic carbocycles. The summed E-state index contributed by atoms with van der Waals surface area (Å²) < 4.78 is 49.7. The molecular weight excluding hydrogens is 517 g/mol. The Labute approximate surface area is 229 Å². The third kappa shape index (κ3) is 5.79. The van der Waals surface area contributed by atoms with Crippen molar-refractivity contribution in [2.24, 2.45) is 0 Å². The summed E-state index contributed by atoms with van der Waals surface area (Å²) in [5.41, 5.74) is 2.20. The van der Waals surface area contributed by atoms with Crippen molar-refractivity contribution in [3.63, 3.8) is 0 Å². The quantitative estimate of drug-likeness (QED) is 0.224. The van der Waals surface area contributed by atoms with Gasteiger partial charge in [-0.1, -0.05) is 65.8 Å². The normalized spacial score (nSPS) is 14.5. The van der Waals surface area contributed by atoms with Gasteiger partial charge < -0.3 is 14.2 Å². The zero-order valence-corrected chi connectivity index (χ0v) is 21.6. The first-order chi connectivity index (χ1) is 19.4. The van der Waals surface area contributed by atoms with Gasteiger partial charge >= 0.3 is 6.18 Å². The summed E-state index contributed by atoms with van der Waals surface area (Å²) in [6.45, 7) is 4.84. The number of nitrogens with zero attached hydrogens (tertiary/aromatic N) is 4. The van der Waals surface area contributed by atoms with Crippen LogP contribution in [0.3, 0.4) is 0 Å². The van der Waals surface area contributed by atoms with E-state index in [1.807, 2.05) is 24.3 Å². The molecule has 0 unspecified atom stereocenters. The Hall–Kier alpha value is -4.37. The molecule has 0 spiro atoms. The number of fused-ring (bicyclic) bond motifs is 1. The summed E-state index contributed by atoms with van der Waals surface area (Å²) in [6, 6.07) is 27.5. The second-order valence-corrected chi connectivity index (χ2v) is 9.78. The molecule has 6 nitrogen and oxygen atoms in total. The SMILES string of the molecule is FC(F)(F)c1ccc(-c2noc(COc3ccc4cccc(N5CCN(Cc6ccccc6)CC5)c4c3)n2)cc1. The van der Waals surface area contributed by atoms with Crippen molar-refractivity contribution < 1.29 is 22.4 Å². The van der Waals surface area contributed by atoms with Gasteiger partial charge in [0.25, 0.3) is 5.89 Å². The number of aromatic nitrogens is 2. The van der Waals surface area contributed by atoms with Gasteiger partial charge in [-0.25, -0.2) is 0 Å². The lowest BCUT2D eigenvalue weighted by molar-refractivity contribution is -0.137. The van der Waals surface area contributed by atoms with Crippen molar-refractivity contribution in [1.82, 2.24) is 15.0 Å². The Morgan fingerprint density at radius 1 is 0.825 bits per heavy atom. The maximum absolute atomic E-state index is 12.8. The van der Waals surface area contributed by atoms with Crippen molar-refractivity contribution in [2.45, 2.75) is 19.3 Å². The molecule has 1 aliphatic rings. The lowest BCUT2D eigenvalue weighted by atomic mass is 10.1. The summed E-state index contributed by atoms with van der Waals surface area (Å²) in [5, 5.41) is 6.12.